The molecule has 1 N–H and O–H groups in total. The number of rotatable bonds is 1. The lowest BCUT2D eigenvalue weighted by Crippen LogP contribution is -2.27. The van der Waals surface area contributed by atoms with Crippen molar-refractivity contribution in [2.24, 2.45) is 0 Å². The number of aromatic amines is 1. The summed E-state index contributed by atoms with van der Waals surface area (Å²) in [4.78, 5) is 22.6. The summed E-state index contributed by atoms with van der Waals surface area (Å²) in [7, 11) is 0. The molecule has 0 amide bonds. The van der Waals surface area contributed by atoms with Gasteiger partial charge in [-0.1, -0.05) is 11.6 Å². The molecule has 0 aromatic carbocycles. The quantitative estimate of drug-likeness (QED) is 0.641. The third-order valence-electron chi connectivity index (χ3n) is 3.05. The zero-order chi connectivity index (χ0) is 12.7. The predicted molar refractivity (Wildman–Crippen MR) is 67.3 cm³/mol. The molecule has 0 aliphatic carbocycles. The van der Waals surface area contributed by atoms with E-state index < -0.39 is 0 Å². The first-order valence-corrected chi connectivity index (χ1v) is 6.33. The van der Waals surface area contributed by atoms with Crippen LogP contribution in [0.4, 0.5) is 0 Å². The summed E-state index contributed by atoms with van der Waals surface area (Å²) < 4.78 is 6.88. The van der Waals surface area contributed by atoms with Crippen LogP contribution in [0.25, 0.3) is 11.2 Å². The van der Waals surface area contributed by atoms with E-state index >= 15 is 0 Å². The highest BCUT2D eigenvalue weighted by Gasteiger charge is 2.22. The van der Waals surface area contributed by atoms with Crippen LogP contribution in [0.2, 0.25) is 10.4 Å². The van der Waals surface area contributed by atoms with Crippen LogP contribution in [0.1, 0.15) is 18.9 Å². The Balaban J connectivity index is 2.21. The normalized spacial score (nSPS) is 17.4. The van der Waals surface area contributed by atoms with Crippen molar-refractivity contribution in [2.45, 2.75) is 18.9 Å². The Bertz CT molecular complexity index is 645. The van der Waals surface area contributed by atoms with E-state index in [0.29, 0.717) is 24.4 Å². The third kappa shape index (κ3) is 1.90. The fourth-order valence-electron chi connectivity index (χ4n) is 2.22. The summed E-state index contributed by atoms with van der Waals surface area (Å²) in [5.74, 6) is 0. The first-order valence-electron chi connectivity index (χ1n) is 5.58. The van der Waals surface area contributed by atoms with Crippen LogP contribution in [0.15, 0.2) is 4.79 Å². The maximum atomic E-state index is 12.0. The summed E-state index contributed by atoms with van der Waals surface area (Å²) in [5, 5.41) is 0.195. The molecule has 18 heavy (non-hydrogen) atoms. The Morgan fingerprint density at radius 1 is 1.28 bits per heavy atom. The van der Waals surface area contributed by atoms with E-state index in [9.17, 15) is 4.79 Å². The number of halogens is 2. The van der Waals surface area contributed by atoms with Gasteiger partial charge in [0, 0.05) is 19.3 Å². The molecular weight excluding hydrogens is 279 g/mol. The summed E-state index contributed by atoms with van der Waals surface area (Å²) in [6.45, 7) is 1.27. The molecule has 0 saturated carbocycles. The van der Waals surface area contributed by atoms with E-state index in [1.54, 1.807) is 4.57 Å². The van der Waals surface area contributed by atoms with Crippen LogP contribution < -0.4 is 5.69 Å². The second kappa shape index (κ2) is 4.53. The molecule has 0 spiro atoms. The van der Waals surface area contributed by atoms with Gasteiger partial charge >= 0.3 is 5.69 Å². The van der Waals surface area contributed by atoms with E-state index in [2.05, 4.69) is 15.0 Å². The number of ether oxygens (including phenoxy) is 1. The fraction of sp³-hybridized carbons (Fsp3) is 0.500. The van der Waals surface area contributed by atoms with Crippen molar-refractivity contribution in [3.63, 3.8) is 0 Å². The lowest BCUT2D eigenvalue weighted by molar-refractivity contribution is 0.0697. The lowest BCUT2D eigenvalue weighted by Gasteiger charge is -2.22. The Kier molecular flexibility index (Phi) is 3.01. The molecule has 2 aromatic rings. The van der Waals surface area contributed by atoms with E-state index in [4.69, 9.17) is 27.9 Å². The summed E-state index contributed by atoms with van der Waals surface area (Å²) in [6.07, 6.45) is 1.54. The van der Waals surface area contributed by atoms with Crippen LogP contribution in [0.3, 0.4) is 0 Å². The van der Waals surface area contributed by atoms with Gasteiger partial charge in [-0.15, -0.1) is 0 Å². The minimum Gasteiger partial charge on any atom is -0.381 e. The van der Waals surface area contributed by atoms with Gasteiger partial charge in [0.2, 0.25) is 5.28 Å². The second-order valence-corrected chi connectivity index (χ2v) is 4.82. The molecule has 0 atom stereocenters. The summed E-state index contributed by atoms with van der Waals surface area (Å²) in [6, 6.07) is 0.0574. The number of nitrogens with one attached hydrogen (secondary N) is 1. The first-order chi connectivity index (χ1) is 8.66. The molecule has 2 aromatic heterocycles. The van der Waals surface area contributed by atoms with Crippen molar-refractivity contribution in [1.29, 1.82) is 0 Å². The molecule has 0 radical (unpaired) electrons. The van der Waals surface area contributed by atoms with Gasteiger partial charge in [-0.05, 0) is 24.4 Å². The molecule has 1 aliphatic rings. The number of fused-ring (bicyclic) bond motifs is 1. The molecule has 96 valence electrons. The highest BCUT2D eigenvalue weighted by Crippen LogP contribution is 2.25. The number of imidazole rings is 1. The van der Waals surface area contributed by atoms with Crippen LogP contribution in [0.5, 0.6) is 0 Å². The minimum absolute atomic E-state index is 0.0345. The SMILES string of the molecule is O=c1[nH]c2c(Cl)nc(Cl)nc2n1C1CCOCC1. The fourth-order valence-corrected chi connectivity index (χ4v) is 2.64. The van der Waals surface area contributed by atoms with Gasteiger partial charge < -0.3 is 9.72 Å². The largest absolute Gasteiger partial charge is 0.381 e. The van der Waals surface area contributed by atoms with Gasteiger partial charge in [0.05, 0.1) is 0 Å². The van der Waals surface area contributed by atoms with Gasteiger partial charge in [0.15, 0.2) is 10.8 Å². The molecular formula is C10H10Cl2N4O2. The van der Waals surface area contributed by atoms with Crippen molar-refractivity contribution in [1.82, 2.24) is 19.5 Å². The van der Waals surface area contributed by atoms with Crippen molar-refractivity contribution in [3.8, 4) is 0 Å². The lowest BCUT2D eigenvalue weighted by atomic mass is 10.1. The van der Waals surface area contributed by atoms with E-state index in [0.717, 1.165) is 12.8 Å². The maximum absolute atomic E-state index is 12.0. The predicted octanol–water partition coefficient (Wildman–Crippen LogP) is 1.78. The van der Waals surface area contributed by atoms with Crippen molar-refractivity contribution < 1.29 is 4.74 Å². The van der Waals surface area contributed by atoms with E-state index in [1.807, 2.05) is 0 Å². The molecule has 3 heterocycles. The summed E-state index contributed by atoms with van der Waals surface area (Å²) >= 11 is 11.7. The molecule has 8 heteroatoms. The zero-order valence-electron chi connectivity index (χ0n) is 9.32. The Morgan fingerprint density at radius 2 is 2.00 bits per heavy atom. The average Bonchev–Trinajstić information content (AvgIpc) is 2.67. The third-order valence-corrected chi connectivity index (χ3v) is 3.50. The Morgan fingerprint density at radius 3 is 2.72 bits per heavy atom. The molecule has 1 saturated heterocycles. The number of aromatic nitrogens is 4. The monoisotopic (exact) mass is 288 g/mol. The van der Waals surface area contributed by atoms with E-state index in [1.165, 1.54) is 0 Å². The van der Waals surface area contributed by atoms with Crippen molar-refractivity contribution >= 4 is 34.4 Å². The highest BCUT2D eigenvalue weighted by atomic mass is 35.5. The topological polar surface area (TPSA) is 72.8 Å². The second-order valence-electron chi connectivity index (χ2n) is 4.13. The molecule has 6 nitrogen and oxygen atoms in total. The molecule has 3 rings (SSSR count). The standard InChI is InChI=1S/C10H10Cl2N4O2/c11-7-6-8(15-9(12)14-7)16(10(17)13-6)5-1-3-18-4-2-5/h5H,1-4H2,(H,13,17). The van der Waals surface area contributed by atoms with Crippen LogP contribution in [-0.2, 0) is 4.74 Å². The first kappa shape index (κ1) is 12.0. The highest BCUT2D eigenvalue weighted by molar-refractivity contribution is 6.35. The van der Waals surface area contributed by atoms with Crippen LogP contribution >= 0.6 is 23.2 Å². The Hall–Kier alpha value is -1.11. The van der Waals surface area contributed by atoms with Crippen molar-refractivity contribution in [3.05, 3.63) is 20.9 Å². The summed E-state index contributed by atoms with van der Waals surface area (Å²) in [5.41, 5.74) is 0.643. The van der Waals surface area contributed by atoms with Gasteiger partial charge in [-0.25, -0.2) is 9.78 Å². The molecule has 1 aliphatic heterocycles. The Labute approximate surface area is 112 Å². The van der Waals surface area contributed by atoms with Crippen LogP contribution in [0, 0.1) is 0 Å². The van der Waals surface area contributed by atoms with Gasteiger partial charge in [0.1, 0.15) is 5.52 Å². The number of hydrogen-bond acceptors (Lipinski definition) is 4. The number of H-pyrrole nitrogens is 1. The van der Waals surface area contributed by atoms with Gasteiger partial charge in [0.25, 0.3) is 0 Å². The smallest absolute Gasteiger partial charge is 0.328 e. The van der Waals surface area contributed by atoms with Crippen LogP contribution in [-0.4, -0.2) is 32.7 Å². The minimum atomic E-state index is -0.240. The molecule has 0 unspecified atom stereocenters. The number of nitrogens with zero attached hydrogens (tertiary/aromatic N) is 3. The van der Waals surface area contributed by atoms with Crippen molar-refractivity contribution in [2.75, 3.05) is 13.2 Å². The molecule has 1 fully saturated rings. The number of hydrogen-bond donors (Lipinski definition) is 1. The molecule has 0 bridgehead atoms. The van der Waals surface area contributed by atoms with Gasteiger partial charge in [-0.3, -0.25) is 4.57 Å². The maximum Gasteiger partial charge on any atom is 0.328 e. The average molecular weight is 289 g/mol. The zero-order valence-corrected chi connectivity index (χ0v) is 10.8. The van der Waals surface area contributed by atoms with Gasteiger partial charge in [-0.2, -0.15) is 4.98 Å². The van der Waals surface area contributed by atoms with E-state index in [-0.39, 0.29) is 22.2 Å².